The molecule has 0 spiro atoms. The molecule has 0 radical (unpaired) electrons. The zero-order chi connectivity index (χ0) is 28.5. The first-order valence-electron chi connectivity index (χ1n) is 12.9. The van der Waals surface area contributed by atoms with Crippen LogP contribution in [0, 0.1) is 6.92 Å². The van der Waals surface area contributed by atoms with E-state index in [9.17, 15) is 19.5 Å². The Kier molecular flexibility index (Phi) is 11.8. The van der Waals surface area contributed by atoms with Gasteiger partial charge in [0.15, 0.2) is 0 Å². The molecular formula is C32H30LiN3O4S. The van der Waals surface area contributed by atoms with Crippen molar-refractivity contribution < 1.29 is 38.4 Å². The van der Waals surface area contributed by atoms with Crippen LogP contribution < -0.4 is 34.2 Å². The molecule has 9 heteroatoms. The molecule has 41 heavy (non-hydrogen) atoms. The maximum absolute atomic E-state index is 14.0. The van der Waals surface area contributed by atoms with E-state index in [1.807, 2.05) is 73.8 Å². The zero-order valence-electron chi connectivity index (χ0n) is 23.4. The van der Waals surface area contributed by atoms with Crippen molar-refractivity contribution in [3.63, 3.8) is 0 Å². The van der Waals surface area contributed by atoms with Crippen molar-refractivity contribution in [1.82, 2.24) is 10.3 Å². The number of nitrogens with zero attached hydrogens (tertiary/aromatic N) is 2. The number of aliphatic carboxylic acids is 1. The summed E-state index contributed by atoms with van der Waals surface area (Å²) in [4.78, 5) is 44.9. The van der Waals surface area contributed by atoms with Crippen LogP contribution in [0.25, 0.3) is 11.1 Å². The summed E-state index contributed by atoms with van der Waals surface area (Å²) in [6.45, 7) is 2.25. The van der Waals surface area contributed by atoms with E-state index in [2.05, 4.69) is 10.3 Å². The minimum Gasteiger partial charge on any atom is -0.548 e. The molecule has 0 aliphatic rings. The molecule has 1 aromatic heterocycles. The molecule has 0 aliphatic heterocycles. The zero-order valence-corrected chi connectivity index (χ0v) is 24.2. The molecule has 1 N–H and O–H groups in total. The average molecular weight is 560 g/mol. The van der Waals surface area contributed by atoms with Gasteiger partial charge in [0.1, 0.15) is 0 Å². The smallest absolute Gasteiger partial charge is 0.548 e. The van der Waals surface area contributed by atoms with E-state index < -0.39 is 17.9 Å². The summed E-state index contributed by atoms with van der Waals surface area (Å²) in [5, 5.41) is 14.3. The fourth-order valence-corrected chi connectivity index (χ4v) is 4.88. The Morgan fingerprint density at radius 3 is 2.34 bits per heavy atom. The Labute approximate surface area is 256 Å². The number of carboxylic acid groups (broad SMARTS) is 1. The normalized spacial score (nSPS) is 11.2. The van der Waals surface area contributed by atoms with E-state index in [0.29, 0.717) is 29.1 Å². The molecular weight excluding hydrogens is 529 g/mol. The maximum Gasteiger partial charge on any atom is 1.00 e. The van der Waals surface area contributed by atoms with Crippen molar-refractivity contribution in [2.75, 3.05) is 16.9 Å². The van der Waals surface area contributed by atoms with Crippen LogP contribution in [0.5, 0.6) is 0 Å². The van der Waals surface area contributed by atoms with Crippen molar-refractivity contribution in [3.05, 3.63) is 120 Å². The summed E-state index contributed by atoms with van der Waals surface area (Å²) in [5.74, 6) is -1.57. The fourth-order valence-electron chi connectivity index (χ4n) is 4.41. The van der Waals surface area contributed by atoms with Gasteiger partial charge in [-0.1, -0.05) is 54.6 Å². The second-order valence-corrected chi connectivity index (χ2v) is 10.3. The second-order valence-electron chi connectivity index (χ2n) is 9.29. The Morgan fingerprint density at radius 1 is 0.951 bits per heavy atom. The molecule has 204 valence electrons. The summed E-state index contributed by atoms with van der Waals surface area (Å²) < 4.78 is 0. The Hall–Kier alpha value is -3.83. The predicted octanol–water partition coefficient (Wildman–Crippen LogP) is 1.51. The molecule has 0 saturated heterocycles. The van der Waals surface area contributed by atoms with Gasteiger partial charge in [-0.25, -0.2) is 0 Å². The summed E-state index contributed by atoms with van der Waals surface area (Å²) >= 11 is 1.49. The SMILES string of the molecule is CSCC[C@H](NC(=O)c1ccc(C(=O)N(Cc2ccccc2)c2cccnc2)cc1-c1ccccc1C)C(=O)[O-].[Li+]. The second kappa shape index (κ2) is 15.2. The first-order valence-corrected chi connectivity index (χ1v) is 14.2. The van der Waals surface area contributed by atoms with Crippen LogP contribution in [0.2, 0.25) is 0 Å². The number of thioether (sulfide) groups is 1. The Bertz CT molecular complexity index is 1490. The molecule has 4 aromatic rings. The molecule has 0 fully saturated rings. The number of aromatic nitrogens is 1. The Morgan fingerprint density at radius 2 is 1.68 bits per heavy atom. The van der Waals surface area contributed by atoms with Crippen molar-refractivity contribution in [1.29, 1.82) is 0 Å². The molecule has 0 saturated carbocycles. The number of carboxylic acids is 1. The quantitative estimate of drug-likeness (QED) is 0.280. The van der Waals surface area contributed by atoms with Gasteiger partial charge in [-0.15, -0.1) is 0 Å². The number of nitrogens with one attached hydrogen (secondary N) is 1. The van der Waals surface area contributed by atoms with Gasteiger partial charge in [-0.3, -0.25) is 14.6 Å². The van der Waals surface area contributed by atoms with Crippen LogP contribution in [0.3, 0.4) is 0 Å². The summed E-state index contributed by atoms with van der Waals surface area (Å²) in [6.07, 6.45) is 5.40. The van der Waals surface area contributed by atoms with Gasteiger partial charge in [0.25, 0.3) is 11.8 Å². The number of anilines is 1. The largest absolute Gasteiger partial charge is 1.00 e. The van der Waals surface area contributed by atoms with Crippen molar-refractivity contribution in [3.8, 4) is 11.1 Å². The van der Waals surface area contributed by atoms with Crippen molar-refractivity contribution in [2.45, 2.75) is 25.9 Å². The monoisotopic (exact) mass is 559 g/mol. The number of hydrogen-bond donors (Lipinski definition) is 1. The minimum absolute atomic E-state index is 0. The summed E-state index contributed by atoms with van der Waals surface area (Å²) in [7, 11) is 0. The van der Waals surface area contributed by atoms with Crippen LogP contribution in [-0.2, 0) is 11.3 Å². The molecule has 1 atom stereocenters. The molecule has 7 nitrogen and oxygen atoms in total. The van der Waals surface area contributed by atoms with Gasteiger partial charge >= 0.3 is 18.9 Å². The third-order valence-corrected chi connectivity index (χ3v) is 7.18. The molecule has 2 amide bonds. The number of hydrogen-bond acceptors (Lipinski definition) is 6. The number of aryl methyl sites for hydroxylation is 1. The van der Waals surface area contributed by atoms with Gasteiger partial charge in [0.05, 0.1) is 30.4 Å². The van der Waals surface area contributed by atoms with Crippen LogP contribution >= 0.6 is 11.8 Å². The van der Waals surface area contributed by atoms with E-state index in [0.717, 1.165) is 16.7 Å². The first-order chi connectivity index (χ1) is 19.4. The van der Waals surface area contributed by atoms with E-state index in [4.69, 9.17) is 0 Å². The molecule has 4 rings (SSSR count). The number of benzene rings is 3. The third-order valence-electron chi connectivity index (χ3n) is 6.53. The van der Waals surface area contributed by atoms with Crippen LogP contribution in [0.15, 0.2) is 97.3 Å². The number of amides is 2. The molecule has 0 aliphatic carbocycles. The number of carbonyl (C=O) groups is 3. The molecule has 0 bridgehead atoms. The van der Waals surface area contributed by atoms with Gasteiger partial charge in [-0.05, 0) is 77.9 Å². The van der Waals surface area contributed by atoms with Crippen LogP contribution in [-0.4, -0.2) is 40.8 Å². The number of rotatable bonds is 11. The summed E-state index contributed by atoms with van der Waals surface area (Å²) in [6, 6.07) is 24.6. The van der Waals surface area contributed by atoms with Gasteiger partial charge in [-0.2, -0.15) is 11.8 Å². The topological polar surface area (TPSA) is 102 Å². The van der Waals surface area contributed by atoms with Gasteiger partial charge in [0.2, 0.25) is 0 Å². The van der Waals surface area contributed by atoms with Crippen molar-refractivity contribution in [2.24, 2.45) is 0 Å². The van der Waals surface area contributed by atoms with E-state index in [-0.39, 0.29) is 36.8 Å². The predicted molar refractivity (Wildman–Crippen MR) is 157 cm³/mol. The minimum atomic E-state index is -1.33. The van der Waals surface area contributed by atoms with E-state index >= 15 is 0 Å². The van der Waals surface area contributed by atoms with Gasteiger partial charge in [0, 0.05) is 17.3 Å². The average Bonchev–Trinajstić information content (AvgIpc) is 2.98. The Balaban J connectivity index is 0.00000462. The molecule has 1 heterocycles. The first kappa shape index (κ1) is 31.7. The third kappa shape index (κ3) is 8.11. The number of pyridine rings is 1. The standard InChI is InChI=1S/C32H31N3O4S.Li/c1-22-9-6-7-13-26(22)28-19-24(14-15-27(28)30(36)34-29(32(38)39)16-18-40-2)31(37)35(25-12-8-17-33-20-25)21-23-10-4-3-5-11-23;/h3-15,17,19-20,29H,16,18,21H2,1-2H3,(H,34,36)(H,38,39);/q;+1/p-1/t29-;/m0./s1. The molecule has 3 aromatic carbocycles. The summed E-state index contributed by atoms with van der Waals surface area (Å²) in [5.41, 5.74) is 4.47. The van der Waals surface area contributed by atoms with Gasteiger partial charge < -0.3 is 20.1 Å². The van der Waals surface area contributed by atoms with Crippen LogP contribution in [0.4, 0.5) is 5.69 Å². The van der Waals surface area contributed by atoms with Crippen molar-refractivity contribution >= 4 is 35.2 Å². The van der Waals surface area contributed by atoms with E-state index in [1.54, 1.807) is 41.6 Å². The van der Waals surface area contributed by atoms with E-state index in [1.165, 1.54) is 11.8 Å². The van der Waals surface area contributed by atoms with Crippen LogP contribution in [0.1, 0.15) is 38.3 Å². The molecule has 0 unspecified atom stereocenters. The number of carbonyl (C=O) groups excluding carboxylic acids is 3. The fraction of sp³-hybridized carbons (Fsp3) is 0.188. The maximum atomic E-state index is 14.0.